The van der Waals surface area contributed by atoms with E-state index in [9.17, 15) is 24.3 Å². The number of likely N-dealkylation sites (tertiary alicyclic amines) is 2. The fraction of sp³-hybridized carbons (Fsp3) is 0.789. The summed E-state index contributed by atoms with van der Waals surface area (Å²) in [5.74, 6) is -2.26. The largest absolute Gasteiger partial charge is 0.480 e. The fourth-order valence-electron chi connectivity index (χ4n) is 3.98. The minimum Gasteiger partial charge on any atom is -0.480 e. The number of nitrogens with zero attached hydrogens (tertiary/aromatic N) is 2. The molecule has 2 saturated heterocycles. The SMILES string of the molecule is CCC(C)C(NC(=O)C1CCCN1C(=O)C1CCCN1C(=O)C(C)N)C(=O)O. The maximum atomic E-state index is 13.1. The van der Waals surface area contributed by atoms with E-state index in [0.717, 1.165) is 0 Å². The molecule has 2 rings (SSSR count). The van der Waals surface area contributed by atoms with Crippen LogP contribution in [0.5, 0.6) is 0 Å². The Bertz CT molecular complexity index is 623. The van der Waals surface area contributed by atoms with Crippen molar-refractivity contribution in [3.05, 3.63) is 0 Å². The molecule has 0 aromatic heterocycles. The molecule has 28 heavy (non-hydrogen) atoms. The van der Waals surface area contributed by atoms with Gasteiger partial charge < -0.3 is 26.0 Å². The molecule has 0 bridgehead atoms. The standard InChI is InChI=1S/C19H32N4O5/c1-4-11(2)15(19(27)28)21-16(24)13-7-5-9-22(13)18(26)14-8-6-10-23(14)17(25)12(3)20/h11-15H,4-10,20H2,1-3H3,(H,21,24)(H,27,28). The number of aliphatic carboxylic acids is 1. The molecule has 0 aliphatic carbocycles. The Morgan fingerprint density at radius 2 is 1.64 bits per heavy atom. The fourth-order valence-corrected chi connectivity index (χ4v) is 3.98. The van der Waals surface area contributed by atoms with E-state index >= 15 is 0 Å². The van der Waals surface area contributed by atoms with Crippen molar-refractivity contribution in [2.45, 2.75) is 77.0 Å². The van der Waals surface area contributed by atoms with Gasteiger partial charge in [0.05, 0.1) is 6.04 Å². The molecule has 2 aliphatic heterocycles. The van der Waals surface area contributed by atoms with Crippen LogP contribution in [0, 0.1) is 5.92 Å². The summed E-state index contributed by atoms with van der Waals surface area (Å²) in [6, 6.07) is -2.97. The van der Waals surface area contributed by atoms with Crippen LogP contribution in [0.4, 0.5) is 0 Å². The molecule has 2 heterocycles. The molecule has 0 spiro atoms. The van der Waals surface area contributed by atoms with Gasteiger partial charge in [-0.3, -0.25) is 14.4 Å². The summed E-state index contributed by atoms with van der Waals surface area (Å²) in [5.41, 5.74) is 5.70. The predicted molar refractivity (Wildman–Crippen MR) is 102 cm³/mol. The second-order valence-corrected chi connectivity index (χ2v) is 7.88. The van der Waals surface area contributed by atoms with Crippen LogP contribution in [-0.4, -0.2) is 75.9 Å². The van der Waals surface area contributed by atoms with Crippen LogP contribution < -0.4 is 11.1 Å². The van der Waals surface area contributed by atoms with E-state index in [4.69, 9.17) is 5.73 Å². The zero-order valence-electron chi connectivity index (χ0n) is 16.9. The van der Waals surface area contributed by atoms with Gasteiger partial charge in [0.1, 0.15) is 18.1 Å². The van der Waals surface area contributed by atoms with Gasteiger partial charge in [0, 0.05) is 13.1 Å². The lowest BCUT2D eigenvalue weighted by molar-refractivity contribution is -0.148. The maximum absolute atomic E-state index is 13.1. The number of carbonyl (C=O) groups is 4. The number of amides is 3. The van der Waals surface area contributed by atoms with Gasteiger partial charge in [-0.2, -0.15) is 0 Å². The van der Waals surface area contributed by atoms with Gasteiger partial charge in [0.2, 0.25) is 17.7 Å². The molecule has 158 valence electrons. The van der Waals surface area contributed by atoms with Crippen LogP contribution in [0.15, 0.2) is 0 Å². The molecule has 0 radical (unpaired) electrons. The van der Waals surface area contributed by atoms with E-state index in [1.54, 1.807) is 13.8 Å². The van der Waals surface area contributed by atoms with Crippen LogP contribution in [0.25, 0.3) is 0 Å². The topological polar surface area (TPSA) is 133 Å². The van der Waals surface area contributed by atoms with Crippen LogP contribution in [0.1, 0.15) is 52.9 Å². The van der Waals surface area contributed by atoms with Crippen LogP contribution in [0.3, 0.4) is 0 Å². The summed E-state index contributed by atoms with van der Waals surface area (Å²) >= 11 is 0. The third-order valence-electron chi connectivity index (χ3n) is 5.83. The maximum Gasteiger partial charge on any atom is 0.326 e. The predicted octanol–water partition coefficient (Wildman–Crippen LogP) is -0.0689. The Morgan fingerprint density at radius 1 is 1.07 bits per heavy atom. The van der Waals surface area contributed by atoms with Crippen LogP contribution in [0.2, 0.25) is 0 Å². The number of rotatable bonds is 7. The first-order chi connectivity index (χ1) is 13.2. The summed E-state index contributed by atoms with van der Waals surface area (Å²) in [5, 5.41) is 12.0. The first-order valence-electron chi connectivity index (χ1n) is 10.1. The minimum absolute atomic E-state index is 0.221. The first-order valence-corrected chi connectivity index (χ1v) is 10.1. The van der Waals surface area contributed by atoms with Gasteiger partial charge in [0.15, 0.2) is 0 Å². The Kier molecular flexibility index (Phi) is 7.40. The summed E-state index contributed by atoms with van der Waals surface area (Å²) in [4.78, 5) is 52.7. The van der Waals surface area contributed by atoms with E-state index in [2.05, 4.69) is 5.32 Å². The van der Waals surface area contributed by atoms with Crippen molar-refractivity contribution >= 4 is 23.7 Å². The summed E-state index contributed by atoms with van der Waals surface area (Å²) in [6.45, 7) is 6.13. The van der Waals surface area contributed by atoms with Crippen LogP contribution in [-0.2, 0) is 19.2 Å². The molecular weight excluding hydrogens is 364 g/mol. The Morgan fingerprint density at radius 3 is 2.18 bits per heavy atom. The van der Waals surface area contributed by atoms with E-state index < -0.39 is 36.0 Å². The number of nitrogens with two attached hydrogens (primary N) is 1. The molecule has 4 N–H and O–H groups in total. The Balaban J connectivity index is 2.11. The molecule has 0 aromatic carbocycles. The number of hydrogen-bond donors (Lipinski definition) is 3. The van der Waals surface area contributed by atoms with E-state index in [1.165, 1.54) is 9.80 Å². The molecule has 5 atom stereocenters. The molecule has 9 heteroatoms. The number of hydrogen-bond acceptors (Lipinski definition) is 5. The van der Waals surface area contributed by atoms with E-state index in [-0.39, 0.29) is 17.7 Å². The highest BCUT2D eigenvalue weighted by Crippen LogP contribution is 2.25. The van der Waals surface area contributed by atoms with E-state index in [0.29, 0.717) is 45.2 Å². The molecule has 2 fully saturated rings. The summed E-state index contributed by atoms with van der Waals surface area (Å²) < 4.78 is 0. The lowest BCUT2D eigenvalue weighted by atomic mass is 9.98. The number of carbonyl (C=O) groups excluding carboxylic acids is 3. The first kappa shape index (κ1) is 22.1. The second kappa shape index (κ2) is 9.36. The zero-order chi connectivity index (χ0) is 21.0. The van der Waals surface area contributed by atoms with Crippen molar-refractivity contribution in [1.82, 2.24) is 15.1 Å². The Labute approximate surface area is 165 Å². The molecule has 9 nitrogen and oxygen atoms in total. The molecule has 2 aliphatic rings. The third-order valence-corrected chi connectivity index (χ3v) is 5.83. The smallest absolute Gasteiger partial charge is 0.326 e. The van der Waals surface area contributed by atoms with Gasteiger partial charge in [-0.15, -0.1) is 0 Å². The highest BCUT2D eigenvalue weighted by atomic mass is 16.4. The van der Waals surface area contributed by atoms with Gasteiger partial charge in [-0.25, -0.2) is 4.79 Å². The summed E-state index contributed by atoms with van der Waals surface area (Å²) in [7, 11) is 0. The second-order valence-electron chi connectivity index (χ2n) is 7.88. The average molecular weight is 396 g/mol. The molecule has 5 unspecified atom stereocenters. The number of carboxylic acids is 1. The van der Waals surface area contributed by atoms with Crippen molar-refractivity contribution < 1.29 is 24.3 Å². The molecule has 0 saturated carbocycles. The zero-order valence-corrected chi connectivity index (χ0v) is 16.9. The van der Waals surface area contributed by atoms with Crippen molar-refractivity contribution in [2.75, 3.05) is 13.1 Å². The van der Waals surface area contributed by atoms with E-state index in [1.807, 2.05) is 6.92 Å². The lowest BCUT2D eigenvalue weighted by Gasteiger charge is -2.32. The van der Waals surface area contributed by atoms with Gasteiger partial charge in [-0.05, 0) is 38.5 Å². The highest BCUT2D eigenvalue weighted by molar-refractivity contribution is 5.94. The molecular formula is C19H32N4O5. The van der Waals surface area contributed by atoms with Crippen molar-refractivity contribution in [3.8, 4) is 0 Å². The molecule has 0 aromatic rings. The normalized spacial score (nSPS) is 25.3. The van der Waals surface area contributed by atoms with Crippen molar-refractivity contribution in [1.29, 1.82) is 0 Å². The summed E-state index contributed by atoms with van der Waals surface area (Å²) in [6.07, 6.45) is 3.03. The van der Waals surface area contributed by atoms with Crippen LogP contribution >= 0.6 is 0 Å². The van der Waals surface area contributed by atoms with Gasteiger partial charge >= 0.3 is 5.97 Å². The molecule has 3 amide bonds. The van der Waals surface area contributed by atoms with Gasteiger partial charge in [-0.1, -0.05) is 20.3 Å². The average Bonchev–Trinajstić information content (AvgIpc) is 3.33. The quantitative estimate of drug-likeness (QED) is 0.552. The lowest BCUT2D eigenvalue weighted by Crippen LogP contribution is -2.56. The highest BCUT2D eigenvalue weighted by Gasteiger charge is 2.43. The monoisotopic (exact) mass is 396 g/mol. The van der Waals surface area contributed by atoms with Crippen molar-refractivity contribution in [3.63, 3.8) is 0 Å². The minimum atomic E-state index is -1.08. The number of nitrogens with one attached hydrogen (secondary N) is 1. The van der Waals surface area contributed by atoms with Crippen molar-refractivity contribution in [2.24, 2.45) is 11.7 Å². The Hall–Kier alpha value is -2.16. The van der Waals surface area contributed by atoms with Gasteiger partial charge in [0.25, 0.3) is 0 Å². The third kappa shape index (κ3) is 4.63. The number of carboxylic acid groups (broad SMARTS) is 1.